The van der Waals surface area contributed by atoms with E-state index in [1.165, 1.54) is 5.56 Å². The highest BCUT2D eigenvalue weighted by molar-refractivity contribution is 7.17. The van der Waals surface area contributed by atoms with E-state index < -0.39 is 5.97 Å². The number of aromatic carboxylic acids is 1. The summed E-state index contributed by atoms with van der Waals surface area (Å²) in [5.74, 6) is -0.933. The Labute approximate surface area is 133 Å². The molecule has 2 heterocycles. The minimum atomic E-state index is -0.933. The summed E-state index contributed by atoms with van der Waals surface area (Å²) in [5, 5.41) is 9.53. The van der Waals surface area contributed by atoms with E-state index in [9.17, 15) is 9.90 Å². The molecule has 3 rings (SSSR count). The first-order valence-electron chi connectivity index (χ1n) is 7.40. The van der Waals surface area contributed by atoms with Crippen molar-refractivity contribution in [1.29, 1.82) is 0 Å². The first kappa shape index (κ1) is 14.8. The summed E-state index contributed by atoms with van der Waals surface area (Å²) < 4.78 is 1.79. The molecule has 0 saturated carbocycles. The van der Waals surface area contributed by atoms with E-state index in [0.29, 0.717) is 5.69 Å². The Morgan fingerprint density at radius 2 is 1.91 bits per heavy atom. The molecule has 1 aromatic carbocycles. The number of fused-ring (bicyclic) bond motifs is 1. The van der Waals surface area contributed by atoms with Crippen molar-refractivity contribution in [3.05, 3.63) is 46.1 Å². The fourth-order valence-corrected chi connectivity index (χ4v) is 3.87. The molecule has 5 heteroatoms. The number of carbonyl (C=O) groups is 1. The second-order valence-corrected chi connectivity index (χ2v) is 6.31. The van der Waals surface area contributed by atoms with Crippen LogP contribution in [-0.2, 0) is 12.8 Å². The van der Waals surface area contributed by atoms with E-state index in [4.69, 9.17) is 0 Å². The quantitative estimate of drug-likeness (QED) is 0.785. The Hall–Kier alpha value is -2.14. The van der Waals surface area contributed by atoms with E-state index in [1.807, 2.05) is 0 Å². The first-order chi connectivity index (χ1) is 10.6. The third-order valence-electron chi connectivity index (χ3n) is 3.88. The first-order valence-corrected chi connectivity index (χ1v) is 8.21. The normalized spacial score (nSPS) is 11.2. The molecule has 2 aromatic heterocycles. The van der Waals surface area contributed by atoms with Gasteiger partial charge in [-0.3, -0.25) is 4.40 Å². The molecule has 4 nitrogen and oxygen atoms in total. The molecular formula is C17H18N2O2S. The molecule has 1 N–H and O–H groups in total. The monoisotopic (exact) mass is 314 g/mol. The maximum absolute atomic E-state index is 11.6. The maximum atomic E-state index is 11.6. The molecule has 3 aromatic rings. The number of carboxylic acids is 1. The van der Waals surface area contributed by atoms with Crippen LogP contribution in [0.1, 0.15) is 40.5 Å². The van der Waals surface area contributed by atoms with Gasteiger partial charge in [-0.15, -0.1) is 11.3 Å². The molecule has 0 atom stereocenters. The molecule has 0 spiro atoms. The second-order valence-electron chi connectivity index (χ2n) is 5.25. The van der Waals surface area contributed by atoms with E-state index in [2.05, 4.69) is 43.1 Å². The predicted molar refractivity (Wildman–Crippen MR) is 89.0 cm³/mol. The van der Waals surface area contributed by atoms with Gasteiger partial charge in [-0.2, -0.15) is 0 Å². The number of aromatic nitrogens is 2. The Morgan fingerprint density at radius 1 is 1.23 bits per heavy atom. The van der Waals surface area contributed by atoms with Crippen molar-refractivity contribution in [1.82, 2.24) is 9.38 Å². The summed E-state index contributed by atoms with van der Waals surface area (Å²) in [5.41, 5.74) is 4.10. The number of hydrogen-bond acceptors (Lipinski definition) is 3. The number of hydrogen-bond donors (Lipinski definition) is 1. The minimum Gasteiger partial charge on any atom is -0.477 e. The lowest BCUT2D eigenvalue weighted by Gasteiger charge is -2.07. The number of imidazole rings is 1. The van der Waals surface area contributed by atoms with Gasteiger partial charge in [0.1, 0.15) is 0 Å². The van der Waals surface area contributed by atoms with Crippen molar-refractivity contribution in [2.75, 3.05) is 0 Å². The third kappa shape index (κ3) is 2.22. The van der Waals surface area contributed by atoms with Crippen LogP contribution >= 0.6 is 11.3 Å². The summed E-state index contributed by atoms with van der Waals surface area (Å²) in [6, 6.07) is 8.34. The molecule has 22 heavy (non-hydrogen) atoms. The van der Waals surface area contributed by atoms with E-state index in [0.717, 1.165) is 33.9 Å². The van der Waals surface area contributed by atoms with Crippen LogP contribution in [-0.4, -0.2) is 20.5 Å². The van der Waals surface area contributed by atoms with E-state index >= 15 is 0 Å². The number of carboxylic acid groups (broad SMARTS) is 1. The van der Waals surface area contributed by atoms with Gasteiger partial charge in [0.2, 0.25) is 0 Å². The van der Waals surface area contributed by atoms with Gasteiger partial charge >= 0.3 is 5.97 Å². The molecule has 0 unspecified atom stereocenters. The number of nitrogens with zero attached hydrogens (tertiary/aromatic N) is 2. The van der Waals surface area contributed by atoms with E-state index in [1.54, 1.807) is 22.7 Å². The Morgan fingerprint density at radius 3 is 2.45 bits per heavy atom. The van der Waals surface area contributed by atoms with Crippen LogP contribution in [0.3, 0.4) is 0 Å². The molecule has 0 aliphatic heterocycles. The van der Waals surface area contributed by atoms with Gasteiger partial charge in [-0.05, 0) is 30.9 Å². The number of aryl methyl sites for hydroxylation is 3. The fraction of sp³-hybridized carbons (Fsp3) is 0.294. The summed E-state index contributed by atoms with van der Waals surface area (Å²) in [4.78, 5) is 18.0. The van der Waals surface area contributed by atoms with Crippen LogP contribution in [0.4, 0.5) is 0 Å². The van der Waals surface area contributed by atoms with Crippen molar-refractivity contribution < 1.29 is 9.90 Å². The Bertz CT molecular complexity index is 844. The highest BCUT2D eigenvalue weighted by Gasteiger charge is 2.23. The summed E-state index contributed by atoms with van der Waals surface area (Å²) in [6.07, 6.45) is 1.85. The van der Waals surface area contributed by atoms with Gasteiger partial charge in [0, 0.05) is 4.88 Å². The summed E-state index contributed by atoms with van der Waals surface area (Å²) in [7, 11) is 0. The van der Waals surface area contributed by atoms with Crippen molar-refractivity contribution in [3.63, 3.8) is 0 Å². The smallest absolute Gasteiger partial charge is 0.354 e. The Kier molecular flexibility index (Phi) is 3.74. The summed E-state index contributed by atoms with van der Waals surface area (Å²) in [6.45, 7) is 5.96. The molecule has 0 aliphatic rings. The van der Waals surface area contributed by atoms with Gasteiger partial charge in [0.05, 0.1) is 11.4 Å². The van der Waals surface area contributed by atoms with Gasteiger partial charge in [-0.1, -0.05) is 38.1 Å². The molecular weight excluding hydrogens is 296 g/mol. The highest BCUT2D eigenvalue weighted by Crippen LogP contribution is 2.34. The standard InChI is InChI=1S/C17H18N2O2S/c1-4-11-6-8-12(9-7-11)15-13(5-2)22-17-18-10(3)14(16(20)21)19(15)17/h6-9H,4-5H2,1-3H3,(H,20,21). The SMILES string of the molecule is CCc1ccc(-c2c(CC)sc3nc(C)c(C(=O)O)n23)cc1. The zero-order valence-electron chi connectivity index (χ0n) is 12.9. The molecule has 0 saturated heterocycles. The predicted octanol–water partition coefficient (Wildman–Crippen LogP) is 4.19. The zero-order chi connectivity index (χ0) is 15.9. The lowest BCUT2D eigenvalue weighted by molar-refractivity contribution is 0.0688. The Balaban J connectivity index is 2.31. The number of rotatable bonds is 4. The minimum absolute atomic E-state index is 0.264. The topological polar surface area (TPSA) is 54.6 Å². The lowest BCUT2D eigenvalue weighted by atomic mass is 10.1. The fourth-order valence-electron chi connectivity index (χ4n) is 2.74. The van der Waals surface area contributed by atoms with Crippen LogP contribution < -0.4 is 0 Å². The van der Waals surface area contributed by atoms with E-state index in [-0.39, 0.29) is 5.69 Å². The van der Waals surface area contributed by atoms with Gasteiger partial charge in [0.25, 0.3) is 0 Å². The van der Waals surface area contributed by atoms with Crippen molar-refractivity contribution >= 4 is 22.3 Å². The molecule has 114 valence electrons. The van der Waals surface area contributed by atoms with Crippen LogP contribution in [0.25, 0.3) is 16.2 Å². The van der Waals surface area contributed by atoms with Crippen molar-refractivity contribution in [3.8, 4) is 11.3 Å². The van der Waals surface area contributed by atoms with Crippen LogP contribution in [0.15, 0.2) is 24.3 Å². The molecule has 0 amide bonds. The highest BCUT2D eigenvalue weighted by atomic mass is 32.1. The van der Waals surface area contributed by atoms with Crippen molar-refractivity contribution in [2.24, 2.45) is 0 Å². The number of benzene rings is 1. The van der Waals surface area contributed by atoms with Crippen LogP contribution in [0.5, 0.6) is 0 Å². The van der Waals surface area contributed by atoms with Crippen molar-refractivity contribution in [2.45, 2.75) is 33.6 Å². The molecule has 0 aliphatic carbocycles. The zero-order valence-corrected chi connectivity index (χ0v) is 13.7. The largest absolute Gasteiger partial charge is 0.477 e. The molecule has 0 bridgehead atoms. The van der Waals surface area contributed by atoms with Crippen LogP contribution in [0, 0.1) is 6.92 Å². The third-order valence-corrected chi connectivity index (χ3v) is 5.07. The lowest BCUT2D eigenvalue weighted by Crippen LogP contribution is -2.05. The second kappa shape index (κ2) is 5.57. The average molecular weight is 314 g/mol. The maximum Gasteiger partial charge on any atom is 0.354 e. The summed E-state index contributed by atoms with van der Waals surface area (Å²) >= 11 is 1.57. The molecule has 0 fully saturated rings. The van der Waals surface area contributed by atoms with Crippen LogP contribution in [0.2, 0.25) is 0 Å². The van der Waals surface area contributed by atoms with Gasteiger partial charge in [0.15, 0.2) is 10.7 Å². The molecule has 0 radical (unpaired) electrons. The number of thiazole rings is 1. The van der Waals surface area contributed by atoms with Gasteiger partial charge in [-0.25, -0.2) is 9.78 Å². The van der Waals surface area contributed by atoms with Gasteiger partial charge < -0.3 is 5.11 Å². The average Bonchev–Trinajstić information content (AvgIpc) is 3.00.